The smallest absolute Gasteiger partial charge is 0.183 e. The molecule has 3 atom stereocenters. The van der Waals surface area contributed by atoms with Crippen molar-refractivity contribution in [3.8, 4) is 0 Å². The molecule has 5 aliphatic carbocycles. The summed E-state index contributed by atoms with van der Waals surface area (Å²) in [7, 11) is 0. The van der Waals surface area contributed by atoms with Crippen LogP contribution in [0.15, 0.2) is 65.3 Å². The summed E-state index contributed by atoms with van der Waals surface area (Å²) in [4.78, 5) is 25.2. The molecule has 0 radical (unpaired) electrons. The van der Waals surface area contributed by atoms with Crippen molar-refractivity contribution in [3.05, 3.63) is 82.0 Å². The van der Waals surface area contributed by atoms with E-state index in [2.05, 4.69) is 43.4 Å². The van der Waals surface area contributed by atoms with E-state index < -0.39 is 0 Å². The van der Waals surface area contributed by atoms with Crippen molar-refractivity contribution in [1.29, 1.82) is 0 Å². The molecule has 6 rings (SSSR count). The van der Waals surface area contributed by atoms with Crippen LogP contribution in [0.2, 0.25) is 0 Å². The topological polar surface area (TPSA) is 34.1 Å². The Labute approximate surface area is 134 Å². The summed E-state index contributed by atoms with van der Waals surface area (Å²) in [5.41, 5.74) is 6.48. The summed E-state index contributed by atoms with van der Waals surface area (Å²) in [5, 5.41) is 0. The molecule has 0 aliphatic heterocycles. The molecule has 112 valence electrons. The second kappa shape index (κ2) is 4.29. The van der Waals surface area contributed by atoms with Gasteiger partial charge < -0.3 is 0 Å². The number of allylic oxidation sites excluding steroid dienone is 8. The van der Waals surface area contributed by atoms with E-state index in [4.69, 9.17) is 0 Å². The Bertz CT molecular complexity index is 908. The lowest BCUT2D eigenvalue weighted by Gasteiger charge is -2.49. The lowest BCUT2D eigenvalue weighted by Crippen LogP contribution is -2.40. The highest BCUT2D eigenvalue weighted by atomic mass is 16.1. The molecule has 5 aliphatic rings. The minimum absolute atomic E-state index is 0.00901. The van der Waals surface area contributed by atoms with Crippen LogP contribution in [-0.4, -0.2) is 11.6 Å². The minimum Gasteiger partial charge on any atom is -0.290 e. The predicted molar refractivity (Wildman–Crippen MR) is 88.2 cm³/mol. The SMILES string of the molecule is Cc1ccc2c(c1)C1C3=C(C(=O)C=CC3=O)C2C2=CC=CCC21. The van der Waals surface area contributed by atoms with E-state index in [-0.39, 0.29) is 23.4 Å². The van der Waals surface area contributed by atoms with E-state index in [1.54, 1.807) is 0 Å². The van der Waals surface area contributed by atoms with Gasteiger partial charge in [0, 0.05) is 23.0 Å². The van der Waals surface area contributed by atoms with Gasteiger partial charge in [0.1, 0.15) is 0 Å². The van der Waals surface area contributed by atoms with Crippen LogP contribution < -0.4 is 0 Å². The first-order valence-electron chi connectivity index (χ1n) is 8.14. The Morgan fingerprint density at radius 1 is 1.00 bits per heavy atom. The number of carbonyl (C=O) groups is 2. The van der Waals surface area contributed by atoms with E-state index in [0.29, 0.717) is 5.92 Å². The Balaban J connectivity index is 1.86. The first-order chi connectivity index (χ1) is 11.2. The van der Waals surface area contributed by atoms with Gasteiger partial charge >= 0.3 is 0 Å². The number of carbonyl (C=O) groups excluding carboxylic acids is 2. The fourth-order valence-electron chi connectivity index (χ4n) is 4.82. The zero-order chi connectivity index (χ0) is 15.7. The molecule has 2 heteroatoms. The van der Waals surface area contributed by atoms with Crippen molar-refractivity contribution in [3.63, 3.8) is 0 Å². The first kappa shape index (κ1) is 13.0. The van der Waals surface area contributed by atoms with E-state index in [9.17, 15) is 9.59 Å². The summed E-state index contributed by atoms with van der Waals surface area (Å²) >= 11 is 0. The van der Waals surface area contributed by atoms with E-state index in [1.807, 2.05) is 0 Å². The molecule has 23 heavy (non-hydrogen) atoms. The van der Waals surface area contributed by atoms with Crippen LogP contribution in [0.25, 0.3) is 0 Å². The standard InChI is InChI=1S/C21H16O2/c1-11-6-7-14-15(10-11)19-13-5-3-2-4-12(13)18(14)20-16(22)8-9-17(23)21(19)20/h2-4,6-10,13,18-19H,5H2,1H3. The van der Waals surface area contributed by atoms with Gasteiger partial charge in [-0.05, 0) is 42.5 Å². The predicted octanol–water partition coefficient (Wildman–Crippen LogP) is 3.70. The van der Waals surface area contributed by atoms with Gasteiger partial charge in [-0.1, -0.05) is 47.6 Å². The summed E-state index contributed by atoms with van der Waals surface area (Å²) < 4.78 is 0. The molecular formula is C21H16O2. The lowest BCUT2D eigenvalue weighted by molar-refractivity contribution is -0.116. The second-order valence-electron chi connectivity index (χ2n) is 6.87. The van der Waals surface area contributed by atoms with Gasteiger partial charge in [0.2, 0.25) is 0 Å². The summed E-state index contributed by atoms with van der Waals surface area (Å²) in [6.45, 7) is 2.09. The first-order valence-corrected chi connectivity index (χ1v) is 8.14. The maximum absolute atomic E-state index is 12.6. The van der Waals surface area contributed by atoms with Crippen molar-refractivity contribution in [2.24, 2.45) is 5.92 Å². The molecule has 0 fully saturated rings. The average molecular weight is 300 g/mol. The zero-order valence-electron chi connectivity index (χ0n) is 12.9. The van der Waals surface area contributed by atoms with Crippen LogP contribution in [-0.2, 0) is 9.59 Å². The molecule has 0 N–H and O–H groups in total. The molecule has 2 nitrogen and oxygen atoms in total. The molecule has 0 saturated carbocycles. The number of rotatable bonds is 0. The number of hydrogen-bond donors (Lipinski definition) is 0. The largest absolute Gasteiger partial charge is 0.290 e. The Kier molecular flexibility index (Phi) is 2.42. The molecule has 3 unspecified atom stereocenters. The van der Waals surface area contributed by atoms with Crippen LogP contribution in [0.4, 0.5) is 0 Å². The third kappa shape index (κ3) is 1.53. The second-order valence-corrected chi connectivity index (χ2v) is 6.87. The zero-order valence-corrected chi connectivity index (χ0v) is 12.9. The quantitative estimate of drug-likeness (QED) is 0.685. The van der Waals surface area contributed by atoms with Gasteiger partial charge in [-0.2, -0.15) is 0 Å². The van der Waals surface area contributed by atoms with E-state index in [1.165, 1.54) is 34.4 Å². The van der Waals surface area contributed by atoms with Gasteiger partial charge in [0.25, 0.3) is 0 Å². The number of benzene rings is 1. The number of hydrogen-bond acceptors (Lipinski definition) is 2. The highest BCUT2D eigenvalue weighted by Gasteiger charge is 2.51. The Morgan fingerprint density at radius 3 is 2.61 bits per heavy atom. The molecule has 0 aromatic heterocycles. The van der Waals surface area contributed by atoms with Crippen LogP contribution in [0.3, 0.4) is 0 Å². The third-order valence-electron chi connectivity index (χ3n) is 5.67. The lowest BCUT2D eigenvalue weighted by atomic mass is 9.53. The molecule has 0 heterocycles. The highest BCUT2D eigenvalue weighted by molar-refractivity contribution is 6.22. The van der Waals surface area contributed by atoms with Gasteiger partial charge in [-0.25, -0.2) is 0 Å². The Morgan fingerprint density at radius 2 is 1.78 bits per heavy atom. The van der Waals surface area contributed by atoms with Crippen LogP contribution in [0.1, 0.15) is 34.9 Å². The van der Waals surface area contributed by atoms with Crippen molar-refractivity contribution in [2.45, 2.75) is 25.2 Å². The molecular weight excluding hydrogens is 284 g/mol. The average Bonchev–Trinajstić information content (AvgIpc) is 2.57. The molecule has 0 amide bonds. The monoisotopic (exact) mass is 300 g/mol. The van der Waals surface area contributed by atoms with Gasteiger partial charge in [-0.3, -0.25) is 9.59 Å². The molecule has 0 saturated heterocycles. The Hall–Kier alpha value is -2.48. The normalized spacial score (nSPS) is 30.1. The van der Waals surface area contributed by atoms with Crippen molar-refractivity contribution in [2.75, 3.05) is 0 Å². The third-order valence-corrected chi connectivity index (χ3v) is 5.67. The molecule has 1 aromatic rings. The van der Waals surface area contributed by atoms with Crippen molar-refractivity contribution < 1.29 is 9.59 Å². The van der Waals surface area contributed by atoms with Crippen LogP contribution >= 0.6 is 0 Å². The van der Waals surface area contributed by atoms with Crippen LogP contribution in [0, 0.1) is 12.8 Å². The van der Waals surface area contributed by atoms with Gasteiger partial charge in [0.05, 0.1) is 0 Å². The maximum Gasteiger partial charge on any atom is 0.183 e. The molecule has 1 aromatic carbocycles. The summed E-state index contributed by atoms with van der Waals surface area (Å²) in [6.07, 6.45) is 10.3. The maximum atomic E-state index is 12.6. The molecule has 2 bridgehead atoms. The molecule has 0 spiro atoms. The fraction of sp³-hybridized carbons (Fsp3) is 0.238. The van der Waals surface area contributed by atoms with Crippen molar-refractivity contribution in [1.82, 2.24) is 0 Å². The minimum atomic E-state index is -0.0399. The van der Waals surface area contributed by atoms with Crippen LogP contribution in [0.5, 0.6) is 0 Å². The van der Waals surface area contributed by atoms with Gasteiger partial charge in [0.15, 0.2) is 11.6 Å². The van der Waals surface area contributed by atoms with Crippen molar-refractivity contribution >= 4 is 11.6 Å². The highest BCUT2D eigenvalue weighted by Crippen LogP contribution is 2.60. The van der Waals surface area contributed by atoms with E-state index in [0.717, 1.165) is 17.6 Å². The van der Waals surface area contributed by atoms with Gasteiger partial charge in [-0.15, -0.1) is 0 Å². The number of ketones is 2. The summed E-state index contributed by atoms with van der Waals surface area (Å²) in [6, 6.07) is 6.47. The summed E-state index contributed by atoms with van der Waals surface area (Å²) in [5.74, 6) is 0.343. The fourth-order valence-corrected chi connectivity index (χ4v) is 4.82. The number of aryl methyl sites for hydroxylation is 1. The van der Waals surface area contributed by atoms with E-state index >= 15 is 0 Å².